The monoisotopic (exact) mass is 354 g/mol. The molecule has 122 valence electrons. The fraction of sp³-hybridized carbons (Fsp3) is 0.353. The molecule has 0 radical (unpaired) electrons. The molecule has 4 nitrogen and oxygen atoms in total. The highest BCUT2D eigenvalue weighted by Crippen LogP contribution is 2.25. The SMILES string of the molecule is CC(C)(C)OC(=O)c1ccc(C(O)C#CCl)cc1C(O)C#CCl. The second-order valence-corrected chi connectivity index (χ2v) is 6.01. The maximum absolute atomic E-state index is 12.3. The molecule has 2 N–H and O–H groups in total. The molecule has 0 aliphatic heterocycles. The summed E-state index contributed by atoms with van der Waals surface area (Å²) < 4.78 is 5.30. The Hall–Kier alpha value is -1.69. The van der Waals surface area contributed by atoms with Crippen molar-refractivity contribution < 1.29 is 19.7 Å². The van der Waals surface area contributed by atoms with Gasteiger partial charge in [-0.15, -0.1) is 0 Å². The Bertz CT molecular complexity index is 699. The molecule has 0 aromatic heterocycles. The second-order valence-electron chi connectivity index (χ2n) is 5.63. The molecule has 2 unspecified atom stereocenters. The van der Waals surface area contributed by atoms with E-state index in [1.54, 1.807) is 20.8 Å². The number of hydrogen-bond acceptors (Lipinski definition) is 4. The van der Waals surface area contributed by atoms with Crippen LogP contribution in [0.3, 0.4) is 0 Å². The van der Waals surface area contributed by atoms with Crippen molar-refractivity contribution >= 4 is 29.2 Å². The van der Waals surface area contributed by atoms with Gasteiger partial charge in [-0.3, -0.25) is 0 Å². The van der Waals surface area contributed by atoms with Crippen LogP contribution in [-0.2, 0) is 4.74 Å². The van der Waals surface area contributed by atoms with Crippen LogP contribution in [0.2, 0.25) is 0 Å². The van der Waals surface area contributed by atoms with E-state index in [2.05, 4.69) is 22.6 Å². The van der Waals surface area contributed by atoms with Gasteiger partial charge < -0.3 is 14.9 Å². The molecule has 0 aliphatic rings. The minimum atomic E-state index is -1.31. The van der Waals surface area contributed by atoms with Gasteiger partial charge in [-0.05, 0) is 73.5 Å². The summed E-state index contributed by atoms with van der Waals surface area (Å²) in [5.74, 6) is 4.08. The van der Waals surface area contributed by atoms with Crippen LogP contribution >= 0.6 is 23.2 Å². The lowest BCUT2D eigenvalue weighted by Crippen LogP contribution is -2.25. The van der Waals surface area contributed by atoms with E-state index in [4.69, 9.17) is 27.9 Å². The van der Waals surface area contributed by atoms with E-state index in [0.29, 0.717) is 5.56 Å². The lowest BCUT2D eigenvalue weighted by atomic mass is 9.97. The predicted octanol–water partition coefficient (Wildman–Crippen LogP) is 3.11. The fourth-order valence-electron chi connectivity index (χ4n) is 1.76. The van der Waals surface area contributed by atoms with E-state index in [1.807, 2.05) is 0 Å². The zero-order valence-electron chi connectivity index (χ0n) is 12.9. The molecule has 0 heterocycles. The molecule has 0 bridgehead atoms. The fourth-order valence-corrected chi connectivity index (χ4v) is 1.97. The number of esters is 1. The van der Waals surface area contributed by atoms with Crippen LogP contribution in [0.25, 0.3) is 0 Å². The molecule has 2 atom stereocenters. The third-order valence-electron chi connectivity index (χ3n) is 2.69. The molecule has 0 spiro atoms. The number of aliphatic hydroxyl groups excluding tert-OH is 2. The molecule has 0 amide bonds. The van der Waals surface area contributed by atoms with Gasteiger partial charge in [0.25, 0.3) is 0 Å². The van der Waals surface area contributed by atoms with E-state index >= 15 is 0 Å². The number of carbonyl (C=O) groups is 1. The molecule has 0 fully saturated rings. The maximum Gasteiger partial charge on any atom is 0.339 e. The predicted molar refractivity (Wildman–Crippen MR) is 88.8 cm³/mol. The van der Waals surface area contributed by atoms with E-state index in [-0.39, 0.29) is 11.1 Å². The van der Waals surface area contributed by atoms with Crippen LogP contribution in [0.4, 0.5) is 0 Å². The molecule has 1 aromatic rings. The summed E-state index contributed by atoms with van der Waals surface area (Å²) in [6, 6.07) is 4.34. The molecular formula is C17H16Cl2O4. The second kappa shape index (κ2) is 8.24. The van der Waals surface area contributed by atoms with Crippen LogP contribution in [0.5, 0.6) is 0 Å². The Morgan fingerprint density at radius 2 is 1.70 bits per heavy atom. The van der Waals surface area contributed by atoms with Crippen LogP contribution < -0.4 is 0 Å². The number of aliphatic hydroxyl groups is 2. The van der Waals surface area contributed by atoms with E-state index in [1.165, 1.54) is 18.2 Å². The Balaban J connectivity index is 3.35. The minimum absolute atomic E-state index is 0.127. The lowest BCUT2D eigenvalue weighted by molar-refractivity contribution is 0.00655. The highest BCUT2D eigenvalue weighted by molar-refractivity contribution is 6.30. The van der Waals surface area contributed by atoms with Crippen molar-refractivity contribution in [2.45, 2.75) is 38.6 Å². The van der Waals surface area contributed by atoms with Crippen LogP contribution in [-0.4, -0.2) is 21.8 Å². The van der Waals surface area contributed by atoms with Crippen molar-refractivity contribution in [2.24, 2.45) is 0 Å². The van der Waals surface area contributed by atoms with E-state index in [0.717, 1.165) is 0 Å². The summed E-state index contributed by atoms with van der Waals surface area (Å²) in [7, 11) is 0. The van der Waals surface area contributed by atoms with Gasteiger partial charge >= 0.3 is 5.97 Å². The third kappa shape index (κ3) is 5.78. The summed E-state index contributed by atoms with van der Waals surface area (Å²) in [4.78, 5) is 12.3. The van der Waals surface area contributed by atoms with Crippen LogP contribution in [0.15, 0.2) is 18.2 Å². The Labute approximate surface area is 145 Å². The Kier molecular flexibility index (Phi) is 6.94. The average molecular weight is 355 g/mol. The first-order chi connectivity index (χ1) is 10.7. The van der Waals surface area contributed by atoms with Gasteiger partial charge in [-0.2, -0.15) is 0 Å². The van der Waals surface area contributed by atoms with Gasteiger partial charge in [0.05, 0.1) is 5.56 Å². The average Bonchev–Trinajstić information content (AvgIpc) is 2.45. The Morgan fingerprint density at radius 3 is 2.22 bits per heavy atom. The zero-order chi connectivity index (χ0) is 17.6. The molecule has 1 rings (SSSR count). The largest absolute Gasteiger partial charge is 0.456 e. The van der Waals surface area contributed by atoms with Gasteiger partial charge in [0, 0.05) is 16.3 Å². The van der Waals surface area contributed by atoms with Crippen molar-refractivity contribution in [1.82, 2.24) is 0 Å². The van der Waals surface area contributed by atoms with E-state index in [9.17, 15) is 15.0 Å². The maximum atomic E-state index is 12.3. The number of benzene rings is 1. The van der Waals surface area contributed by atoms with Crippen molar-refractivity contribution in [3.05, 3.63) is 34.9 Å². The smallest absolute Gasteiger partial charge is 0.339 e. The third-order valence-corrected chi connectivity index (χ3v) is 2.91. The normalized spacial score (nSPS) is 13.0. The summed E-state index contributed by atoms with van der Waals surface area (Å²) in [6.45, 7) is 5.19. The lowest BCUT2D eigenvalue weighted by Gasteiger charge is -2.21. The molecule has 1 aromatic carbocycles. The van der Waals surface area contributed by atoms with Crippen LogP contribution in [0, 0.1) is 22.6 Å². The standard InChI is InChI=1S/C17H16Cl2O4/c1-17(2,3)23-16(22)12-5-4-11(14(20)6-8-18)10-13(12)15(21)7-9-19/h4-5,10,14-15,20-21H,1-3H3. The van der Waals surface area contributed by atoms with Gasteiger partial charge in [-0.1, -0.05) is 6.07 Å². The minimum Gasteiger partial charge on any atom is -0.456 e. The van der Waals surface area contributed by atoms with Gasteiger partial charge in [0.15, 0.2) is 0 Å². The topological polar surface area (TPSA) is 66.8 Å². The van der Waals surface area contributed by atoms with Crippen molar-refractivity contribution in [3.63, 3.8) is 0 Å². The zero-order valence-corrected chi connectivity index (χ0v) is 14.4. The van der Waals surface area contributed by atoms with Crippen LogP contribution in [0.1, 0.15) is 54.5 Å². The first kappa shape index (κ1) is 19.4. The number of ether oxygens (including phenoxy) is 1. The number of hydrogen-bond donors (Lipinski definition) is 2. The van der Waals surface area contributed by atoms with Crippen molar-refractivity contribution in [1.29, 1.82) is 0 Å². The molecular weight excluding hydrogens is 339 g/mol. The summed E-state index contributed by atoms with van der Waals surface area (Å²) in [6.07, 6.45) is -2.47. The molecule has 0 aliphatic carbocycles. The molecule has 0 saturated heterocycles. The summed E-state index contributed by atoms with van der Waals surface area (Å²) in [5, 5.41) is 24.1. The van der Waals surface area contributed by atoms with Crippen molar-refractivity contribution in [2.75, 3.05) is 0 Å². The molecule has 6 heteroatoms. The summed E-state index contributed by atoms with van der Waals surface area (Å²) >= 11 is 10.6. The van der Waals surface area contributed by atoms with Crippen molar-refractivity contribution in [3.8, 4) is 22.6 Å². The first-order valence-corrected chi connectivity index (χ1v) is 7.41. The first-order valence-electron chi connectivity index (χ1n) is 6.65. The quantitative estimate of drug-likeness (QED) is 0.646. The van der Waals surface area contributed by atoms with Gasteiger partial charge in [0.2, 0.25) is 0 Å². The number of rotatable bonds is 3. The Morgan fingerprint density at radius 1 is 1.13 bits per heavy atom. The van der Waals surface area contributed by atoms with E-state index < -0.39 is 23.8 Å². The molecule has 0 saturated carbocycles. The number of halogens is 2. The molecule has 23 heavy (non-hydrogen) atoms. The highest BCUT2D eigenvalue weighted by atomic mass is 35.5. The highest BCUT2D eigenvalue weighted by Gasteiger charge is 2.23. The van der Waals surface area contributed by atoms with Gasteiger partial charge in [-0.25, -0.2) is 4.79 Å². The summed E-state index contributed by atoms with van der Waals surface area (Å²) in [5.41, 5.74) is -0.0439. The number of carbonyl (C=O) groups excluding carboxylic acids is 1. The van der Waals surface area contributed by atoms with Gasteiger partial charge in [0.1, 0.15) is 17.8 Å².